The first kappa shape index (κ1) is 32.4. The van der Waals surface area contributed by atoms with Gasteiger partial charge in [0.1, 0.15) is 0 Å². The number of aryl methyl sites for hydroxylation is 3. The molecule has 1 aromatic heterocycles. The van der Waals surface area contributed by atoms with Crippen LogP contribution in [0.2, 0.25) is 0 Å². The monoisotopic (exact) mass is 653 g/mol. The zero-order valence-corrected chi connectivity index (χ0v) is 27.1. The summed E-state index contributed by atoms with van der Waals surface area (Å²) in [6, 6.07) is 19.7. The maximum atomic E-state index is 11.5. The van der Waals surface area contributed by atoms with Crippen molar-refractivity contribution in [2.24, 2.45) is 0 Å². The fourth-order valence-electron chi connectivity index (χ4n) is 5.31. The molecule has 10 nitrogen and oxygen atoms in total. The predicted molar refractivity (Wildman–Crippen MR) is 174 cm³/mol. The second-order valence-corrected chi connectivity index (χ2v) is 14.3. The quantitative estimate of drug-likeness (QED) is 0.137. The standard InChI is InChI=1S/C33H36N2O8S2/c1-4-25(21-33-34(14-8-16-44(36,37)38)28-18-23(2)24(3)19-31(28)43-33)20-32-35(15-9-17-45(39,40)41)29-22-27(12-13-30(29)42-32)26-10-6-5-7-11-26/h5-7,10-13,18-22H,4,8-9,14-17H2,1-3H3,(H-,36,37,38,39,40,41)/p+1. The molecule has 0 amide bonds. The van der Waals surface area contributed by atoms with E-state index in [-0.39, 0.29) is 30.9 Å². The zero-order valence-electron chi connectivity index (χ0n) is 25.4. The Kier molecular flexibility index (Phi) is 9.49. The molecule has 0 saturated carbocycles. The van der Waals surface area contributed by atoms with Crippen LogP contribution in [-0.2, 0) is 26.8 Å². The number of hydrogen-bond acceptors (Lipinski definition) is 7. The molecule has 5 rings (SSSR count). The summed E-state index contributed by atoms with van der Waals surface area (Å²) in [4.78, 5) is 1.90. The number of aromatic nitrogens is 1. The van der Waals surface area contributed by atoms with Gasteiger partial charge in [0.15, 0.2) is 12.3 Å². The van der Waals surface area contributed by atoms with Crippen molar-refractivity contribution in [1.82, 2.24) is 0 Å². The second kappa shape index (κ2) is 13.2. The van der Waals surface area contributed by atoms with E-state index in [9.17, 15) is 25.9 Å². The van der Waals surface area contributed by atoms with Crippen molar-refractivity contribution in [3.8, 4) is 16.9 Å². The summed E-state index contributed by atoms with van der Waals surface area (Å²) in [5, 5.41) is 0. The summed E-state index contributed by atoms with van der Waals surface area (Å²) >= 11 is 0. The molecule has 45 heavy (non-hydrogen) atoms. The van der Waals surface area contributed by atoms with Crippen LogP contribution in [-0.4, -0.2) is 44.0 Å². The van der Waals surface area contributed by atoms with Gasteiger partial charge in [-0.2, -0.15) is 21.4 Å². The van der Waals surface area contributed by atoms with Crippen molar-refractivity contribution in [2.75, 3.05) is 23.0 Å². The van der Waals surface area contributed by atoms with E-state index in [0.717, 1.165) is 39.0 Å². The van der Waals surface area contributed by atoms with Crippen molar-refractivity contribution in [3.63, 3.8) is 0 Å². The molecule has 0 unspecified atom stereocenters. The Balaban J connectivity index is 1.54. The molecule has 238 valence electrons. The lowest BCUT2D eigenvalue weighted by Crippen LogP contribution is -2.36. The maximum absolute atomic E-state index is 11.5. The first-order chi connectivity index (χ1) is 21.3. The van der Waals surface area contributed by atoms with Crippen molar-refractivity contribution < 1.29 is 39.7 Å². The minimum atomic E-state index is -4.14. The molecule has 3 aromatic carbocycles. The van der Waals surface area contributed by atoms with Gasteiger partial charge in [0, 0.05) is 25.1 Å². The highest BCUT2D eigenvalue weighted by Gasteiger charge is 2.28. The number of allylic oxidation sites excluding steroid dienone is 2. The Morgan fingerprint density at radius 3 is 2.27 bits per heavy atom. The third kappa shape index (κ3) is 8.01. The second-order valence-electron chi connectivity index (χ2n) is 11.1. The summed E-state index contributed by atoms with van der Waals surface area (Å²) in [6.45, 7) is 6.57. The number of benzene rings is 3. The van der Waals surface area contributed by atoms with Crippen LogP contribution in [0, 0.1) is 13.8 Å². The normalized spacial score (nSPS) is 14.7. The first-order valence-electron chi connectivity index (χ1n) is 14.7. The van der Waals surface area contributed by atoms with Gasteiger partial charge in [0.25, 0.3) is 25.8 Å². The van der Waals surface area contributed by atoms with Gasteiger partial charge >= 0.3 is 5.89 Å². The lowest BCUT2D eigenvalue weighted by molar-refractivity contribution is -0.677. The van der Waals surface area contributed by atoms with Crippen LogP contribution < -0.4 is 14.2 Å². The Morgan fingerprint density at radius 2 is 1.58 bits per heavy atom. The lowest BCUT2D eigenvalue weighted by atomic mass is 10.0. The van der Waals surface area contributed by atoms with Crippen LogP contribution in [0.3, 0.4) is 0 Å². The fourth-order valence-corrected chi connectivity index (χ4v) is 6.30. The van der Waals surface area contributed by atoms with E-state index in [0.29, 0.717) is 36.1 Å². The van der Waals surface area contributed by atoms with Gasteiger partial charge in [-0.1, -0.05) is 43.3 Å². The molecular formula is C33H37N2O8S2+. The van der Waals surface area contributed by atoms with Gasteiger partial charge in [-0.15, -0.1) is 0 Å². The molecule has 0 aliphatic carbocycles. The van der Waals surface area contributed by atoms with Crippen LogP contribution in [0.4, 0.5) is 5.69 Å². The highest BCUT2D eigenvalue weighted by atomic mass is 32.2. The number of anilines is 1. The summed E-state index contributed by atoms with van der Waals surface area (Å²) in [5.74, 6) is 0.875. The topological polar surface area (TPSA) is 138 Å². The molecule has 0 radical (unpaired) electrons. The average molecular weight is 654 g/mol. The van der Waals surface area contributed by atoms with Crippen LogP contribution in [0.15, 0.2) is 82.6 Å². The minimum absolute atomic E-state index is 0.176. The predicted octanol–water partition coefficient (Wildman–Crippen LogP) is 6.09. The number of nitrogens with zero attached hydrogens (tertiary/aromatic N) is 2. The Hall–Kier alpha value is -3.97. The lowest BCUT2D eigenvalue weighted by Gasteiger charge is -2.19. The number of hydrogen-bond donors (Lipinski definition) is 2. The van der Waals surface area contributed by atoms with Crippen molar-refractivity contribution in [1.29, 1.82) is 0 Å². The molecule has 0 atom stereocenters. The summed E-state index contributed by atoms with van der Waals surface area (Å²) < 4.78 is 78.9. The molecule has 2 N–H and O–H groups in total. The average Bonchev–Trinajstić information content (AvgIpc) is 3.48. The van der Waals surface area contributed by atoms with Crippen LogP contribution >= 0.6 is 0 Å². The minimum Gasteiger partial charge on any atom is -0.439 e. The molecule has 0 spiro atoms. The fraction of sp³-hybridized carbons (Fsp3) is 0.303. The molecule has 12 heteroatoms. The molecule has 0 fully saturated rings. The third-order valence-electron chi connectivity index (χ3n) is 7.78. The zero-order chi connectivity index (χ0) is 32.4. The summed E-state index contributed by atoms with van der Waals surface area (Å²) in [7, 11) is -8.25. The smallest absolute Gasteiger partial charge is 0.374 e. The number of oxazole rings is 1. The van der Waals surface area contributed by atoms with Gasteiger partial charge < -0.3 is 14.1 Å². The van der Waals surface area contributed by atoms with E-state index in [1.807, 2.05) is 103 Å². The van der Waals surface area contributed by atoms with E-state index in [4.69, 9.17) is 9.15 Å². The maximum Gasteiger partial charge on any atom is 0.374 e. The van der Waals surface area contributed by atoms with Gasteiger partial charge in [-0.25, -0.2) is 0 Å². The number of ether oxygens (including phenoxy) is 1. The number of fused-ring (bicyclic) bond motifs is 2. The van der Waals surface area contributed by atoms with Gasteiger partial charge in [-0.3, -0.25) is 9.11 Å². The Labute approximate surface area is 263 Å². The van der Waals surface area contributed by atoms with E-state index >= 15 is 0 Å². The third-order valence-corrected chi connectivity index (χ3v) is 9.39. The van der Waals surface area contributed by atoms with Crippen LogP contribution in [0.25, 0.3) is 28.3 Å². The van der Waals surface area contributed by atoms with Gasteiger partial charge in [-0.05, 0) is 72.7 Å². The molecule has 2 heterocycles. The van der Waals surface area contributed by atoms with E-state index in [2.05, 4.69) is 0 Å². The van der Waals surface area contributed by atoms with E-state index in [1.165, 1.54) is 0 Å². The molecule has 1 aliphatic heterocycles. The van der Waals surface area contributed by atoms with Crippen LogP contribution in [0.1, 0.15) is 43.2 Å². The van der Waals surface area contributed by atoms with E-state index < -0.39 is 20.2 Å². The first-order valence-corrected chi connectivity index (χ1v) is 17.9. The summed E-state index contributed by atoms with van der Waals surface area (Å²) in [6.07, 6.45) is 4.72. The molecule has 0 bridgehead atoms. The molecule has 0 saturated heterocycles. The van der Waals surface area contributed by atoms with Gasteiger partial charge in [0.05, 0.1) is 23.3 Å². The largest absolute Gasteiger partial charge is 0.439 e. The highest BCUT2D eigenvalue weighted by molar-refractivity contribution is 7.86. The molecular weight excluding hydrogens is 617 g/mol. The SMILES string of the molecule is CCC(/C=C1\Oc2ccc(-c3ccccc3)cc2N1CCCS(=O)(=O)O)=C\c1oc2cc(C)c(C)cc2[n+]1CCCS(=O)(=O)O. The van der Waals surface area contributed by atoms with Crippen molar-refractivity contribution in [2.45, 2.75) is 46.6 Å². The summed E-state index contributed by atoms with van der Waals surface area (Å²) in [5.41, 5.74) is 7.22. The molecule has 1 aliphatic rings. The highest BCUT2D eigenvalue weighted by Crippen LogP contribution is 2.42. The van der Waals surface area contributed by atoms with E-state index in [1.54, 1.807) is 0 Å². The number of rotatable bonds is 12. The Bertz CT molecular complexity index is 2000. The van der Waals surface area contributed by atoms with Crippen LogP contribution in [0.5, 0.6) is 5.75 Å². The van der Waals surface area contributed by atoms with Crippen molar-refractivity contribution >= 4 is 43.1 Å². The van der Waals surface area contributed by atoms with Gasteiger partial charge in [0.2, 0.25) is 11.5 Å². The Morgan fingerprint density at radius 1 is 0.889 bits per heavy atom. The molecule has 4 aromatic rings. The van der Waals surface area contributed by atoms with Crippen molar-refractivity contribution in [3.05, 3.63) is 95.2 Å².